The molecule has 1 saturated heterocycles. The van der Waals surface area contributed by atoms with E-state index in [9.17, 15) is 4.39 Å². The molecule has 5 nitrogen and oxygen atoms in total. The third kappa shape index (κ3) is 3.56. The van der Waals surface area contributed by atoms with E-state index in [0.29, 0.717) is 11.7 Å². The number of halogens is 1. The number of ether oxygens (including phenoxy) is 1. The Balaban J connectivity index is 1.46. The van der Waals surface area contributed by atoms with Crippen molar-refractivity contribution < 1.29 is 9.13 Å². The first-order valence-corrected chi connectivity index (χ1v) is 11.4. The van der Waals surface area contributed by atoms with Gasteiger partial charge in [-0.1, -0.05) is 18.2 Å². The number of nitrogens with zero attached hydrogens (tertiary/aromatic N) is 1. The van der Waals surface area contributed by atoms with Crippen molar-refractivity contribution in [3.8, 4) is 28.3 Å². The van der Waals surface area contributed by atoms with Crippen LogP contribution in [0.25, 0.3) is 44.3 Å². The number of H-pyrrole nitrogens is 2. The first-order valence-electron chi connectivity index (χ1n) is 11.4. The molecular weight excluding hydrogens is 415 g/mol. The van der Waals surface area contributed by atoms with Crippen LogP contribution in [0.15, 0.2) is 60.7 Å². The van der Waals surface area contributed by atoms with Crippen LogP contribution in [0.2, 0.25) is 0 Å². The average molecular weight is 441 g/mol. The molecule has 1 fully saturated rings. The SMILES string of the molecule is COc1cc(F)cc(-c2cccc3[nH]c(-c4n[nH]c5ccc(C6CCNCC6)cc45)cc23)c1. The van der Waals surface area contributed by atoms with Crippen molar-refractivity contribution in [1.29, 1.82) is 0 Å². The smallest absolute Gasteiger partial charge is 0.127 e. The lowest BCUT2D eigenvalue weighted by Gasteiger charge is -2.23. The Morgan fingerprint density at radius 3 is 2.67 bits per heavy atom. The highest BCUT2D eigenvalue weighted by molar-refractivity contribution is 6.01. The molecule has 6 heteroatoms. The van der Waals surface area contributed by atoms with Gasteiger partial charge in [0, 0.05) is 22.4 Å². The lowest BCUT2D eigenvalue weighted by molar-refractivity contribution is 0.411. The van der Waals surface area contributed by atoms with E-state index in [1.807, 2.05) is 24.3 Å². The molecule has 1 aliphatic heterocycles. The molecule has 5 aromatic rings. The Morgan fingerprint density at radius 1 is 0.939 bits per heavy atom. The summed E-state index contributed by atoms with van der Waals surface area (Å²) in [6.07, 6.45) is 2.32. The van der Waals surface area contributed by atoms with Crippen molar-refractivity contribution >= 4 is 21.8 Å². The van der Waals surface area contributed by atoms with E-state index in [1.54, 1.807) is 13.2 Å². The number of methoxy groups -OCH3 is 1. The Kier molecular flexibility index (Phi) is 4.88. The topological polar surface area (TPSA) is 65.7 Å². The molecular formula is C27H25FN4O. The van der Waals surface area contributed by atoms with Crippen molar-refractivity contribution in [1.82, 2.24) is 20.5 Å². The van der Waals surface area contributed by atoms with Gasteiger partial charge in [-0.2, -0.15) is 5.10 Å². The zero-order chi connectivity index (χ0) is 22.4. The van der Waals surface area contributed by atoms with E-state index >= 15 is 0 Å². The molecule has 166 valence electrons. The van der Waals surface area contributed by atoms with Gasteiger partial charge in [0.15, 0.2) is 0 Å². The fraction of sp³-hybridized carbons (Fsp3) is 0.222. The van der Waals surface area contributed by atoms with Gasteiger partial charge in [-0.05, 0) is 84.9 Å². The average Bonchev–Trinajstić information content (AvgIpc) is 3.47. The molecule has 33 heavy (non-hydrogen) atoms. The van der Waals surface area contributed by atoms with Crippen molar-refractivity contribution in [2.45, 2.75) is 18.8 Å². The van der Waals surface area contributed by atoms with Crippen LogP contribution >= 0.6 is 0 Å². The van der Waals surface area contributed by atoms with Crippen LogP contribution in [0.3, 0.4) is 0 Å². The summed E-state index contributed by atoms with van der Waals surface area (Å²) in [5, 5.41) is 13.4. The van der Waals surface area contributed by atoms with E-state index < -0.39 is 0 Å². The number of rotatable bonds is 4. The van der Waals surface area contributed by atoms with Crippen molar-refractivity contribution in [2.24, 2.45) is 0 Å². The van der Waals surface area contributed by atoms with E-state index in [0.717, 1.165) is 70.3 Å². The second-order valence-corrected chi connectivity index (χ2v) is 8.73. The Bertz CT molecular complexity index is 1460. The van der Waals surface area contributed by atoms with Crippen molar-refractivity contribution in [2.75, 3.05) is 20.2 Å². The lowest BCUT2D eigenvalue weighted by Crippen LogP contribution is -2.26. The number of nitrogens with one attached hydrogen (secondary N) is 3. The first-order chi connectivity index (χ1) is 16.2. The number of benzene rings is 3. The molecule has 0 unspecified atom stereocenters. The summed E-state index contributed by atoms with van der Waals surface area (Å²) in [7, 11) is 1.55. The van der Waals surface area contributed by atoms with Crippen LogP contribution in [0.1, 0.15) is 24.3 Å². The molecule has 0 saturated carbocycles. The van der Waals surface area contributed by atoms with Gasteiger partial charge in [0.2, 0.25) is 0 Å². The van der Waals surface area contributed by atoms with Gasteiger partial charge in [0.05, 0.1) is 18.3 Å². The highest BCUT2D eigenvalue weighted by atomic mass is 19.1. The third-order valence-electron chi connectivity index (χ3n) is 6.73. The van der Waals surface area contributed by atoms with Crippen LogP contribution < -0.4 is 10.1 Å². The predicted octanol–water partition coefficient (Wildman–Crippen LogP) is 5.99. The second kappa shape index (κ2) is 8.05. The van der Waals surface area contributed by atoms with Gasteiger partial charge in [0.25, 0.3) is 0 Å². The molecule has 1 aliphatic rings. The number of hydrogen-bond donors (Lipinski definition) is 3. The molecule has 2 aromatic heterocycles. The van der Waals surface area contributed by atoms with Crippen LogP contribution in [0.4, 0.5) is 4.39 Å². The Morgan fingerprint density at radius 2 is 1.82 bits per heavy atom. The predicted molar refractivity (Wildman–Crippen MR) is 130 cm³/mol. The maximum Gasteiger partial charge on any atom is 0.127 e. The highest BCUT2D eigenvalue weighted by Gasteiger charge is 2.18. The van der Waals surface area contributed by atoms with Gasteiger partial charge in [-0.15, -0.1) is 0 Å². The van der Waals surface area contributed by atoms with Gasteiger partial charge in [0.1, 0.15) is 17.3 Å². The number of fused-ring (bicyclic) bond motifs is 2. The van der Waals surface area contributed by atoms with E-state index in [-0.39, 0.29) is 5.82 Å². The summed E-state index contributed by atoms with van der Waals surface area (Å²) in [6, 6.07) is 19.6. The highest BCUT2D eigenvalue weighted by Crippen LogP contribution is 2.36. The maximum atomic E-state index is 14.2. The molecule has 3 aromatic carbocycles. The fourth-order valence-electron chi connectivity index (χ4n) is 5.02. The molecule has 0 atom stereocenters. The minimum absolute atomic E-state index is 0.319. The number of aromatic nitrogens is 3. The molecule has 3 heterocycles. The van der Waals surface area contributed by atoms with Gasteiger partial charge in [-0.25, -0.2) is 4.39 Å². The number of aromatic amines is 2. The minimum Gasteiger partial charge on any atom is -0.497 e. The summed E-state index contributed by atoms with van der Waals surface area (Å²) in [4.78, 5) is 3.53. The van der Waals surface area contributed by atoms with E-state index in [4.69, 9.17) is 4.74 Å². The summed E-state index contributed by atoms with van der Waals surface area (Å²) in [5.74, 6) is 0.762. The molecule has 0 bridgehead atoms. The Labute approximate surface area is 191 Å². The molecule has 3 N–H and O–H groups in total. The summed E-state index contributed by atoms with van der Waals surface area (Å²) in [5.41, 5.74) is 6.95. The summed E-state index contributed by atoms with van der Waals surface area (Å²) in [6.45, 7) is 2.13. The fourth-order valence-corrected chi connectivity index (χ4v) is 5.02. The maximum absolute atomic E-state index is 14.2. The molecule has 0 radical (unpaired) electrons. The standard InChI is InChI=1S/C27H25FN4O/c1-33-20-12-18(11-19(28)14-20)21-3-2-4-24-22(21)15-26(30-24)27-23-13-17(5-6-25(23)31-32-27)16-7-9-29-10-8-16/h2-6,11-16,29-30H,7-10H2,1H3,(H,31,32). The van der Waals surface area contributed by atoms with E-state index in [1.165, 1.54) is 11.6 Å². The summed E-state index contributed by atoms with van der Waals surface area (Å²) < 4.78 is 19.5. The zero-order valence-corrected chi connectivity index (χ0v) is 18.4. The van der Waals surface area contributed by atoms with Crippen molar-refractivity contribution in [3.05, 3.63) is 72.0 Å². The third-order valence-corrected chi connectivity index (χ3v) is 6.73. The monoisotopic (exact) mass is 440 g/mol. The van der Waals surface area contributed by atoms with Crippen LogP contribution in [0, 0.1) is 5.82 Å². The largest absolute Gasteiger partial charge is 0.497 e. The van der Waals surface area contributed by atoms with Crippen LogP contribution in [0.5, 0.6) is 5.75 Å². The second-order valence-electron chi connectivity index (χ2n) is 8.73. The number of piperidine rings is 1. The molecule has 0 amide bonds. The zero-order valence-electron chi connectivity index (χ0n) is 18.4. The van der Waals surface area contributed by atoms with E-state index in [2.05, 4.69) is 44.8 Å². The molecule has 6 rings (SSSR count). The Hall–Kier alpha value is -3.64. The van der Waals surface area contributed by atoms with Gasteiger partial charge >= 0.3 is 0 Å². The molecule has 0 spiro atoms. The van der Waals surface area contributed by atoms with Gasteiger partial charge in [-0.3, -0.25) is 5.10 Å². The summed E-state index contributed by atoms with van der Waals surface area (Å²) >= 11 is 0. The lowest BCUT2D eigenvalue weighted by atomic mass is 9.89. The number of hydrogen-bond acceptors (Lipinski definition) is 3. The van der Waals surface area contributed by atoms with Crippen molar-refractivity contribution in [3.63, 3.8) is 0 Å². The normalized spacial score (nSPS) is 14.8. The first kappa shape index (κ1) is 20.0. The van der Waals surface area contributed by atoms with Gasteiger partial charge < -0.3 is 15.0 Å². The minimum atomic E-state index is -0.319. The van der Waals surface area contributed by atoms with Crippen LogP contribution in [-0.2, 0) is 0 Å². The van der Waals surface area contributed by atoms with Crippen LogP contribution in [-0.4, -0.2) is 35.4 Å². The quantitative estimate of drug-likeness (QED) is 0.321. The molecule has 0 aliphatic carbocycles.